The van der Waals surface area contributed by atoms with Crippen LogP contribution in [0.3, 0.4) is 0 Å². The van der Waals surface area contributed by atoms with Crippen LogP contribution in [0, 0.1) is 0 Å². The smallest absolute Gasteiger partial charge is 0.420 e. The van der Waals surface area contributed by atoms with Gasteiger partial charge < -0.3 is 25.4 Å². The lowest BCUT2D eigenvalue weighted by atomic mass is 10.1. The van der Waals surface area contributed by atoms with Crippen LogP contribution in [0.25, 0.3) is 0 Å². The van der Waals surface area contributed by atoms with Gasteiger partial charge in [-0.2, -0.15) is 0 Å². The molecule has 0 aromatic heterocycles. The molecule has 1 fully saturated rings. The van der Waals surface area contributed by atoms with Crippen LogP contribution in [0.15, 0.2) is 18.2 Å². The van der Waals surface area contributed by atoms with E-state index < -0.39 is 23.4 Å². The van der Waals surface area contributed by atoms with Crippen molar-refractivity contribution in [3.05, 3.63) is 23.8 Å². The van der Waals surface area contributed by atoms with Crippen molar-refractivity contribution in [2.45, 2.75) is 78.6 Å². The van der Waals surface area contributed by atoms with E-state index in [1.54, 1.807) is 41.5 Å². The summed E-state index contributed by atoms with van der Waals surface area (Å²) in [6, 6.07) is 5.70. The number of anilines is 2. The zero-order chi connectivity index (χ0) is 24.1. The molecule has 0 radical (unpaired) electrons. The third kappa shape index (κ3) is 8.18. The Hall–Kier alpha value is -2.55. The molecule has 9 heteroatoms. The SMILES string of the molecule is CC(C)(C)OC(=O)N(Cc1cc(NC(N)=S)ccc1N1CCCCC1)C(=O)OC(C)(C)C. The summed E-state index contributed by atoms with van der Waals surface area (Å²) in [5.41, 5.74) is 6.52. The number of imide groups is 1. The van der Waals surface area contributed by atoms with E-state index >= 15 is 0 Å². The van der Waals surface area contributed by atoms with Gasteiger partial charge >= 0.3 is 12.2 Å². The molecule has 1 aromatic carbocycles. The molecule has 32 heavy (non-hydrogen) atoms. The first-order valence-corrected chi connectivity index (χ1v) is 11.3. The summed E-state index contributed by atoms with van der Waals surface area (Å²) in [5, 5.41) is 3.06. The van der Waals surface area contributed by atoms with Gasteiger partial charge in [-0.3, -0.25) is 0 Å². The summed E-state index contributed by atoms with van der Waals surface area (Å²) < 4.78 is 11.0. The van der Waals surface area contributed by atoms with Crippen LogP contribution in [-0.4, -0.2) is 46.5 Å². The highest BCUT2D eigenvalue weighted by atomic mass is 32.1. The Morgan fingerprint density at radius 2 is 1.56 bits per heavy atom. The molecule has 8 nitrogen and oxygen atoms in total. The van der Waals surface area contributed by atoms with Crippen molar-refractivity contribution in [1.82, 2.24) is 4.90 Å². The van der Waals surface area contributed by atoms with Gasteiger partial charge in [0.2, 0.25) is 0 Å². The third-order valence-corrected chi connectivity index (χ3v) is 4.70. The molecule has 0 atom stereocenters. The van der Waals surface area contributed by atoms with E-state index in [1.807, 2.05) is 18.2 Å². The second-order valence-corrected chi connectivity index (χ2v) is 10.4. The monoisotopic (exact) mass is 464 g/mol. The van der Waals surface area contributed by atoms with Gasteiger partial charge in [0.1, 0.15) is 11.2 Å². The number of carbonyl (C=O) groups is 2. The first kappa shape index (κ1) is 25.7. The number of nitrogens with zero attached hydrogens (tertiary/aromatic N) is 2. The Morgan fingerprint density at radius 3 is 2.03 bits per heavy atom. The molecule has 178 valence electrons. The Balaban J connectivity index is 2.44. The zero-order valence-corrected chi connectivity index (χ0v) is 20.8. The molecule has 0 unspecified atom stereocenters. The molecule has 0 bridgehead atoms. The summed E-state index contributed by atoms with van der Waals surface area (Å²) in [6.45, 7) is 12.3. The topological polar surface area (TPSA) is 97.1 Å². The quantitative estimate of drug-likeness (QED) is 0.601. The minimum absolute atomic E-state index is 0.0114. The third-order valence-electron chi connectivity index (χ3n) is 4.60. The molecule has 1 saturated heterocycles. The Kier molecular flexibility index (Phi) is 8.34. The first-order valence-electron chi connectivity index (χ1n) is 10.9. The molecule has 1 heterocycles. The van der Waals surface area contributed by atoms with Gasteiger partial charge in [0, 0.05) is 24.5 Å². The van der Waals surface area contributed by atoms with Crippen molar-refractivity contribution in [2.24, 2.45) is 5.73 Å². The zero-order valence-electron chi connectivity index (χ0n) is 20.0. The lowest BCUT2D eigenvalue weighted by molar-refractivity contribution is -0.000219. The summed E-state index contributed by atoms with van der Waals surface area (Å²) in [7, 11) is 0. The van der Waals surface area contributed by atoms with Crippen LogP contribution in [0.4, 0.5) is 21.0 Å². The molecule has 1 aliphatic heterocycles. The van der Waals surface area contributed by atoms with Gasteiger partial charge in [0.25, 0.3) is 0 Å². The van der Waals surface area contributed by atoms with Crippen LogP contribution in [0.2, 0.25) is 0 Å². The molecule has 0 spiro atoms. The van der Waals surface area contributed by atoms with Crippen LogP contribution in [0.1, 0.15) is 66.4 Å². The first-order chi connectivity index (χ1) is 14.7. The lowest BCUT2D eigenvalue weighted by Crippen LogP contribution is -2.43. The van der Waals surface area contributed by atoms with E-state index in [0.717, 1.165) is 42.1 Å². The standard InChI is InChI=1S/C23H36N4O4S/c1-22(2,3)30-20(28)27(21(29)31-23(4,5)6)15-16-14-17(25-19(24)32)10-11-18(16)26-12-8-7-9-13-26/h10-11,14H,7-9,12-13,15H2,1-6H3,(H3,24,25,32). The Bertz CT molecular complexity index is 811. The largest absolute Gasteiger partial charge is 0.443 e. The molecule has 0 aliphatic carbocycles. The van der Waals surface area contributed by atoms with Crippen LogP contribution in [0.5, 0.6) is 0 Å². The number of ether oxygens (including phenoxy) is 2. The number of rotatable bonds is 4. The number of hydrogen-bond acceptors (Lipinski definition) is 6. The second-order valence-electron chi connectivity index (χ2n) is 9.93. The van der Waals surface area contributed by atoms with E-state index in [1.165, 1.54) is 6.42 Å². The molecule has 1 aliphatic rings. The maximum atomic E-state index is 13.0. The minimum atomic E-state index is -0.762. The number of piperidine rings is 1. The lowest BCUT2D eigenvalue weighted by Gasteiger charge is -2.33. The molecule has 1 aromatic rings. The predicted octanol–water partition coefficient (Wildman–Crippen LogP) is 5.00. The van der Waals surface area contributed by atoms with Crippen molar-refractivity contribution < 1.29 is 19.1 Å². The Morgan fingerprint density at radius 1 is 1.03 bits per heavy atom. The molecule has 3 N–H and O–H groups in total. The Labute approximate surface area is 196 Å². The van der Waals surface area contributed by atoms with E-state index in [2.05, 4.69) is 10.2 Å². The maximum Gasteiger partial charge on any atom is 0.420 e. The predicted molar refractivity (Wildman–Crippen MR) is 131 cm³/mol. The highest BCUT2D eigenvalue weighted by Gasteiger charge is 2.32. The second kappa shape index (κ2) is 10.4. The van der Waals surface area contributed by atoms with Crippen molar-refractivity contribution in [3.63, 3.8) is 0 Å². The van der Waals surface area contributed by atoms with Crippen LogP contribution >= 0.6 is 12.2 Å². The van der Waals surface area contributed by atoms with Gasteiger partial charge in [-0.15, -0.1) is 0 Å². The van der Waals surface area contributed by atoms with Crippen molar-refractivity contribution in [2.75, 3.05) is 23.3 Å². The molecule has 2 rings (SSSR count). The average molecular weight is 465 g/mol. The van der Waals surface area contributed by atoms with Crippen molar-refractivity contribution in [3.8, 4) is 0 Å². The highest BCUT2D eigenvalue weighted by molar-refractivity contribution is 7.80. The van der Waals surface area contributed by atoms with E-state index in [0.29, 0.717) is 5.69 Å². The number of carbonyl (C=O) groups excluding carboxylic acids is 2. The number of nitrogens with two attached hydrogens (primary N) is 1. The molecular formula is C23H36N4O4S. The number of hydrogen-bond donors (Lipinski definition) is 2. The molecular weight excluding hydrogens is 428 g/mol. The fourth-order valence-electron chi connectivity index (χ4n) is 3.38. The van der Waals surface area contributed by atoms with Gasteiger partial charge in [-0.05, 0) is 96.8 Å². The fourth-order valence-corrected chi connectivity index (χ4v) is 3.50. The number of amides is 2. The summed E-state index contributed by atoms with van der Waals surface area (Å²) >= 11 is 4.97. The van der Waals surface area contributed by atoms with Crippen LogP contribution in [-0.2, 0) is 16.0 Å². The van der Waals surface area contributed by atoms with Gasteiger partial charge in [-0.25, -0.2) is 14.5 Å². The normalized spacial score (nSPS) is 14.5. The maximum absolute atomic E-state index is 13.0. The summed E-state index contributed by atoms with van der Waals surface area (Å²) in [6.07, 6.45) is 1.85. The van der Waals surface area contributed by atoms with Gasteiger partial charge in [-0.1, -0.05) is 0 Å². The average Bonchev–Trinajstić information content (AvgIpc) is 2.63. The van der Waals surface area contributed by atoms with E-state index in [9.17, 15) is 9.59 Å². The van der Waals surface area contributed by atoms with Crippen molar-refractivity contribution in [1.29, 1.82) is 0 Å². The number of nitrogens with one attached hydrogen (secondary N) is 1. The van der Waals surface area contributed by atoms with E-state index in [-0.39, 0.29) is 11.7 Å². The fraction of sp³-hybridized carbons (Fsp3) is 0.609. The number of benzene rings is 1. The van der Waals surface area contributed by atoms with Gasteiger partial charge in [0.15, 0.2) is 5.11 Å². The van der Waals surface area contributed by atoms with E-state index in [4.69, 9.17) is 27.4 Å². The van der Waals surface area contributed by atoms with Crippen molar-refractivity contribution >= 4 is 40.9 Å². The van der Waals surface area contributed by atoms with Gasteiger partial charge in [0.05, 0.1) is 6.54 Å². The molecule has 2 amide bonds. The minimum Gasteiger partial charge on any atom is -0.443 e. The number of thiocarbonyl (C=S) groups is 1. The highest BCUT2D eigenvalue weighted by Crippen LogP contribution is 2.29. The summed E-state index contributed by atoms with van der Waals surface area (Å²) in [4.78, 5) is 29.2. The van der Waals surface area contributed by atoms with Crippen LogP contribution < -0.4 is 16.0 Å². The summed E-state index contributed by atoms with van der Waals surface area (Å²) in [5.74, 6) is 0. The molecule has 0 saturated carbocycles.